The molecule has 0 heterocycles. The average Bonchev–Trinajstić information content (AvgIpc) is 2.64. The Kier molecular flexibility index (Phi) is 6.81. The lowest BCUT2D eigenvalue weighted by Crippen LogP contribution is -2.28. The summed E-state index contributed by atoms with van der Waals surface area (Å²) in [6.07, 6.45) is 1.35. The normalized spacial score (nSPS) is 11.7. The van der Waals surface area contributed by atoms with Gasteiger partial charge in [-0.3, -0.25) is 4.79 Å². The molecule has 0 aliphatic carbocycles. The van der Waals surface area contributed by atoms with E-state index in [-0.39, 0.29) is 24.2 Å². The van der Waals surface area contributed by atoms with E-state index in [4.69, 9.17) is 9.47 Å². The highest BCUT2D eigenvalue weighted by molar-refractivity contribution is 5.76. The van der Waals surface area contributed by atoms with Crippen molar-refractivity contribution in [1.29, 1.82) is 0 Å². The number of ether oxygens (including phenoxy) is 2. The Hall–Kier alpha value is -2.56. The molecule has 1 atom stereocenters. The van der Waals surface area contributed by atoms with Gasteiger partial charge in [0, 0.05) is 6.42 Å². The monoisotopic (exact) mass is 345 g/mol. The molecule has 0 aromatic heterocycles. The zero-order valence-corrected chi connectivity index (χ0v) is 14.8. The van der Waals surface area contributed by atoms with Gasteiger partial charge in [-0.15, -0.1) is 0 Å². The quantitative estimate of drug-likeness (QED) is 0.785. The number of methoxy groups -OCH3 is 2. The molecule has 0 spiro atoms. The molecule has 2 aromatic carbocycles. The highest BCUT2D eigenvalue weighted by Gasteiger charge is 2.15. The largest absolute Gasteiger partial charge is 0.493 e. The third-order valence-corrected chi connectivity index (χ3v) is 4.13. The second kappa shape index (κ2) is 9.06. The van der Waals surface area contributed by atoms with Gasteiger partial charge in [-0.05, 0) is 42.2 Å². The Labute approximate surface area is 148 Å². The number of aryl methyl sites for hydroxylation is 1. The van der Waals surface area contributed by atoms with Crippen LogP contribution in [0.3, 0.4) is 0 Å². The van der Waals surface area contributed by atoms with Gasteiger partial charge in [-0.1, -0.05) is 31.2 Å². The van der Waals surface area contributed by atoms with Crippen LogP contribution in [0.1, 0.15) is 36.9 Å². The van der Waals surface area contributed by atoms with E-state index >= 15 is 0 Å². The molecule has 2 aromatic rings. The molecule has 0 fully saturated rings. The van der Waals surface area contributed by atoms with E-state index in [0.717, 1.165) is 12.0 Å². The maximum absolute atomic E-state index is 13.6. The molecular weight excluding hydrogens is 321 g/mol. The summed E-state index contributed by atoms with van der Waals surface area (Å²) in [6.45, 7) is 2.00. The van der Waals surface area contributed by atoms with Crippen LogP contribution in [0.4, 0.5) is 4.39 Å². The number of carbonyl (C=O) groups excluding carboxylic acids is 1. The summed E-state index contributed by atoms with van der Waals surface area (Å²) in [7, 11) is 3.16. The Balaban J connectivity index is 2.01. The van der Waals surface area contributed by atoms with Crippen LogP contribution in [-0.4, -0.2) is 20.1 Å². The van der Waals surface area contributed by atoms with Gasteiger partial charge in [0.25, 0.3) is 0 Å². The molecule has 0 aliphatic rings. The molecule has 1 amide bonds. The lowest BCUT2D eigenvalue weighted by molar-refractivity contribution is -0.121. The van der Waals surface area contributed by atoms with Gasteiger partial charge in [-0.25, -0.2) is 4.39 Å². The van der Waals surface area contributed by atoms with Gasteiger partial charge >= 0.3 is 0 Å². The minimum atomic E-state index is -0.276. The van der Waals surface area contributed by atoms with Crippen molar-refractivity contribution in [1.82, 2.24) is 5.32 Å². The average molecular weight is 345 g/mol. The third kappa shape index (κ3) is 4.95. The summed E-state index contributed by atoms with van der Waals surface area (Å²) in [4.78, 5) is 12.3. The molecule has 0 radical (unpaired) electrons. The summed E-state index contributed by atoms with van der Waals surface area (Å²) >= 11 is 0. The van der Waals surface area contributed by atoms with E-state index in [1.54, 1.807) is 32.4 Å². The second-order valence-corrected chi connectivity index (χ2v) is 5.73. The van der Waals surface area contributed by atoms with Crippen molar-refractivity contribution in [3.63, 3.8) is 0 Å². The highest BCUT2D eigenvalue weighted by Crippen LogP contribution is 2.30. The van der Waals surface area contributed by atoms with Gasteiger partial charge in [0.05, 0.1) is 20.3 Å². The van der Waals surface area contributed by atoms with Crippen LogP contribution < -0.4 is 14.8 Å². The van der Waals surface area contributed by atoms with Crippen molar-refractivity contribution in [2.45, 2.75) is 32.2 Å². The molecule has 0 aliphatic heterocycles. The molecule has 0 saturated heterocycles. The van der Waals surface area contributed by atoms with Crippen molar-refractivity contribution < 1.29 is 18.7 Å². The first-order valence-electron chi connectivity index (χ1n) is 8.33. The minimum Gasteiger partial charge on any atom is -0.493 e. The van der Waals surface area contributed by atoms with Crippen molar-refractivity contribution in [3.05, 3.63) is 59.4 Å². The summed E-state index contributed by atoms with van der Waals surface area (Å²) in [5, 5.41) is 3.00. The maximum Gasteiger partial charge on any atom is 0.220 e. The standard InChI is InChI=1S/C20H24FNO3/c1-4-17(15-9-11-18(24-2)19(13-15)25-3)22-20(23)12-10-14-7-5-6-8-16(14)21/h5-9,11,13,17H,4,10,12H2,1-3H3,(H,22,23)/t17-/m1/s1. The molecule has 4 nitrogen and oxygen atoms in total. The van der Waals surface area contributed by atoms with Crippen LogP contribution in [0, 0.1) is 5.82 Å². The van der Waals surface area contributed by atoms with Crippen molar-refractivity contribution in [2.75, 3.05) is 14.2 Å². The van der Waals surface area contributed by atoms with Gasteiger partial charge < -0.3 is 14.8 Å². The SMILES string of the molecule is CC[C@@H](NC(=O)CCc1ccccc1F)c1ccc(OC)c(OC)c1. The lowest BCUT2D eigenvalue weighted by atomic mass is 10.0. The number of hydrogen-bond donors (Lipinski definition) is 1. The fourth-order valence-electron chi connectivity index (χ4n) is 2.71. The smallest absolute Gasteiger partial charge is 0.220 e. The Morgan fingerprint density at radius 2 is 1.84 bits per heavy atom. The molecule has 0 bridgehead atoms. The molecule has 0 saturated carbocycles. The predicted octanol–water partition coefficient (Wildman–Crippen LogP) is 4.04. The molecule has 0 unspecified atom stereocenters. The Morgan fingerprint density at radius 3 is 2.48 bits per heavy atom. The first kappa shape index (κ1) is 18.8. The zero-order valence-electron chi connectivity index (χ0n) is 14.8. The van der Waals surface area contributed by atoms with Gasteiger partial charge in [0.1, 0.15) is 5.82 Å². The summed E-state index contributed by atoms with van der Waals surface area (Å²) in [5.74, 6) is 0.887. The molecule has 2 rings (SSSR count). The number of hydrogen-bond acceptors (Lipinski definition) is 3. The fourth-order valence-corrected chi connectivity index (χ4v) is 2.71. The van der Waals surface area contributed by atoms with Crippen LogP contribution in [-0.2, 0) is 11.2 Å². The van der Waals surface area contributed by atoms with Gasteiger partial charge in [0.2, 0.25) is 5.91 Å². The van der Waals surface area contributed by atoms with Crippen molar-refractivity contribution in [2.24, 2.45) is 0 Å². The van der Waals surface area contributed by atoms with Crippen molar-refractivity contribution in [3.8, 4) is 11.5 Å². The summed E-state index contributed by atoms with van der Waals surface area (Å²) in [6, 6.07) is 12.0. The van der Waals surface area contributed by atoms with E-state index < -0.39 is 0 Å². The van der Waals surface area contributed by atoms with Gasteiger partial charge in [-0.2, -0.15) is 0 Å². The highest BCUT2D eigenvalue weighted by atomic mass is 19.1. The summed E-state index contributed by atoms with van der Waals surface area (Å²) < 4.78 is 24.2. The Bertz CT molecular complexity index is 718. The number of amides is 1. The molecule has 5 heteroatoms. The van der Waals surface area contributed by atoms with Gasteiger partial charge in [0.15, 0.2) is 11.5 Å². The summed E-state index contributed by atoms with van der Waals surface area (Å²) in [5.41, 5.74) is 1.50. The number of carbonyl (C=O) groups is 1. The van der Waals surface area contributed by atoms with E-state index in [1.165, 1.54) is 6.07 Å². The van der Waals surface area contributed by atoms with Crippen LogP contribution in [0.25, 0.3) is 0 Å². The molecule has 1 N–H and O–H groups in total. The molecule has 134 valence electrons. The number of halogens is 1. The fraction of sp³-hybridized carbons (Fsp3) is 0.350. The first-order valence-corrected chi connectivity index (χ1v) is 8.33. The molecular formula is C20H24FNO3. The topological polar surface area (TPSA) is 47.6 Å². The third-order valence-electron chi connectivity index (χ3n) is 4.13. The van der Waals surface area contributed by atoms with Crippen molar-refractivity contribution >= 4 is 5.91 Å². The minimum absolute atomic E-state index is 0.107. The van der Waals surface area contributed by atoms with Crippen LogP contribution in [0.5, 0.6) is 11.5 Å². The molecule has 25 heavy (non-hydrogen) atoms. The number of nitrogens with one attached hydrogen (secondary N) is 1. The zero-order chi connectivity index (χ0) is 18.2. The number of benzene rings is 2. The number of rotatable bonds is 8. The van der Waals surface area contributed by atoms with Crippen LogP contribution >= 0.6 is 0 Å². The lowest BCUT2D eigenvalue weighted by Gasteiger charge is -2.19. The van der Waals surface area contributed by atoms with Crippen LogP contribution in [0.15, 0.2) is 42.5 Å². The maximum atomic E-state index is 13.6. The van der Waals surface area contributed by atoms with E-state index in [2.05, 4.69) is 5.32 Å². The Morgan fingerprint density at radius 1 is 1.12 bits per heavy atom. The van der Waals surface area contributed by atoms with E-state index in [9.17, 15) is 9.18 Å². The van der Waals surface area contributed by atoms with E-state index in [0.29, 0.717) is 23.5 Å². The second-order valence-electron chi connectivity index (χ2n) is 5.73. The first-order chi connectivity index (χ1) is 12.1. The van der Waals surface area contributed by atoms with E-state index in [1.807, 2.05) is 25.1 Å². The van der Waals surface area contributed by atoms with Crippen LogP contribution in [0.2, 0.25) is 0 Å². The predicted molar refractivity (Wildman–Crippen MR) is 95.4 cm³/mol.